The molecule has 0 aromatic heterocycles. The van der Waals surface area contributed by atoms with Crippen molar-refractivity contribution in [3.63, 3.8) is 0 Å². The van der Waals surface area contributed by atoms with Gasteiger partial charge in [0.25, 0.3) is 5.91 Å². The molecule has 1 aliphatic rings. The number of likely N-dealkylation sites (N-methyl/N-ethyl adjacent to an activating group) is 1. The van der Waals surface area contributed by atoms with Gasteiger partial charge in [0.15, 0.2) is 5.17 Å². The summed E-state index contributed by atoms with van der Waals surface area (Å²) in [7, 11) is 0. The second kappa shape index (κ2) is 13.0. The minimum absolute atomic E-state index is 0.204. The van der Waals surface area contributed by atoms with Crippen molar-refractivity contribution in [2.75, 3.05) is 13.1 Å². The third-order valence-corrected chi connectivity index (χ3v) is 5.59. The van der Waals surface area contributed by atoms with Gasteiger partial charge in [-0.2, -0.15) is 0 Å². The summed E-state index contributed by atoms with van der Waals surface area (Å²) in [5.74, 6) is 1.18. The number of carbonyl (C=O) groups excluding carboxylic acids is 2. The van der Waals surface area contributed by atoms with Crippen LogP contribution in [0.3, 0.4) is 0 Å². The molecule has 1 saturated heterocycles. The van der Waals surface area contributed by atoms with Crippen LogP contribution in [0.2, 0.25) is 10.0 Å². The van der Waals surface area contributed by atoms with E-state index in [9.17, 15) is 9.59 Å². The van der Waals surface area contributed by atoms with Crippen LogP contribution in [0.15, 0.2) is 34.2 Å². The fourth-order valence-corrected chi connectivity index (χ4v) is 4.13. The molecule has 1 aromatic carbocycles. The highest BCUT2D eigenvalue weighted by atomic mass is 35.5. The van der Waals surface area contributed by atoms with E-state index in [0.29, 0.717) is 38.9 Å². The predicted molar refractivity (Wildman–Crippen MR) is 130 cm³/mol. The van der Waals surface area contributed by atoms with E-state index in [4.69, 9.17) is 23.2 Å². The van der Waals surface area contributed by atoms with Crippen LogP contribution in [0.4, 0.5) is 5.69 Å². The maximum atomic E-state index is 12.1. The maximum Gasteiger partial charge on any atom is 0.264 e. The van der Waals surface area contributed by atoms with E-state index >= 15 is 0 Å². The molecule has 1 fully saturated rings. The van der Waals surface area contributed by atoms with Crippen molar-refractivity contribution in [3.05, 3.63) is 39.2 Å². The van der Waals surface area contributed by atoms with Gasteiger partial charge in [-0.15, -0.1) is 0 Å². The molecule has 166 valence electrons. The molecule has 5 nitrogen and oxygen atoms in total. The molecular formula is C22H31Cl2N3O2S. The first-order valence-electron chi connectivity index (χ1n) is 10.1. The first kappa shape index (κ1) is 26.5. The molecule has 0 radical (unpaired) electrons. The largest absolute Gasteiger partial charge is 0.340 e. The van der Waals surface area contributed by atoms with E-state index < -0.39 is 0 Å². The molecule has 30 heavy (non-hydrogen) atoms. The van der Waals surface area contributed by atoms with Crippen molar-refractivity contribution in [1.29, 1.82) is 0 Å². The number of rotatable bonds is 6. The SMILES string of the molecule is CC(C)CC(C)C.CCN(CC)C(=O)/C=C1\SC(=Nc2c(Cl)cccc2Cl)NC1=O. The molecule has 0 spiro atoms. The molecule has 1 aromatic rings. The minimum Gasteiger partial charge on any atom is -0.340 e. The third-order valence-electron chi connectivity index (χ3n) is 4.07. The average Bonchev–Trinajstić information content (AvgIpc) is 2.98. The number of nitrogens with zero attached hydrogens (tertiary/aromatic N) is 2. The first-order valence-corrected chi connectivity index (χ1v) is 11.7. The Morgan fingerprint density at radius 1 is 1.13 bits per heavy atom. The highest BCUT2D eigenvalue weighted by Crippen LogP contribution is 2.35. The molecule has 1 aliphatic heterocycles. The van der Waals surface area contributed by atoms with E-state index in [1.807, 2.05) is 13.8 Å². The molecule has 0 unspecified atom stereocenters. The summed E-state index contributed by atoms with van der Waals surface area (Å²) in [6, 6.07) is 5.03. The highest BCUT2D eigenvalue weighted by Gasteiger charge is 2.26. The highest BCUT2D eigenvalue weighted by molar-refractivity contribution is 8.18. The fourth-order valence-electron chi connectivity index (χ4n) is 2.86. The lowest BCUT2D eigenvalue weighted by Gasteiger charge is -2.16. The lowest BCUT2D eigenvalue weighted by atomic mass is 10.0. The van der Waals surface area contributed by atoms with Gasteiger partial charge in [0.1, 0.15) is 5.69 Å². The van der Waals surface area contributed by atoms with Gasteiger partial charge in [-0.25, -0.2) is 4.99 Å². The number of benzene rings is 1. The monoisotopic (exact) mass is 471 g/mol. The van der Waals surface area contributed by atoms with Crippen molar-refractivity contribution >= 4 is 57.6 Å². The summed E-state index contributed by atoms with van der Waals surface area (Å²) in [6.07, 6.45) is 2.68. The Morgan fingerprint density at radius 2 is 1.67 bits per heavy atom. The molecule has 0 atom stereocenters. The fraction of sp³-hybridized carbons (Fsp3) is 0.500. The second-order valence-corrected chi connectivity index (χ2v) is 9.43. The molecule has 0 bridgehead atoms. The Hall–Kier alpha value is -1.50. The topological polar surface area (TPSA) is 61.8 Å². The van der Waals surface area contributed by atoms with Gasteiger partial charge >= 0.3 is 0 Å². The molecule has 8 heteroatoms. The van der Waals surface area contributed by atoms with Crippen molar-refractivity contribution in [1.82, 2.24) is 10.2 Å². The van der Waals surface area contributed by atoms with Crippen LogP contribution in [-0.4, -0.2) is 35.0 Å². The van der Waals surface area contributed by atoms with Crippen molar-refractivity contribution in [3.8, 4) is 0 Å². The second-order valence-electron chi connectivity index (χ2n) is 7.59. The Morgan fingerprint density at radius 3 is 2.10 bits per heavy atom. The number of amidine groups is 1. The minimum atomic E-state index is -0.363. The predicted octanol–water partition coefficient (Wildman–Crippen LogP) is 6.28. The van der Waals surface area contributed by atoms with Gasteiger partial charge < -0.3 is 10.2 Å². The van der Waals surface area contributed by atoms with Crippen LogP contribution in [0.25, 0.3) is 0 Å². The summed E-state index contributed by atoms with van der Waals surface area (Å²) < 4.78 is 0. The zero-order valence-corrected chi connectivity index (χ0v) is 20.8. The quantitative estimate of drug-likeness (QED) is 0.496. The summed E-state index contributed by atoms with van der Waals surface area (Å²) in [6.45, 7) is 14.0. The summed E-state index contributed by atoms with van der Waals surface area (Å²) in [5.41, 5.74) is 0.384. The van der Waals surface area contributed by atoms with Gasteiger partial charge in [-0.3, -0.25) is 9.59 Å². The van der Waals surface area contributed by atoms with Gasteiger partial charge in [0, 0.05) is 19.2 Å². The van der Waals surface area contributed by atoms with Gasteiger partial charge in [-0.1, -0.05) is 57.0 Å². The molecule has 0 saturated carbocycles. The van der Waals surface area contributed by atoms with Crippen LogP contribution >= 0.6 is 35.0 Å². The number of halogens is 2. The molecule has 0 aliphatic carbocycles. The lowest BCUT2D eigenvalue weighted by molar-refractivity contribution is -0.126. The van der Waals surface area contributed by atoms with Crippen LogP contribution in [0, 0.1) is 11.8 Å². The average molecular weight is 472 g/mol. The van der Waals surface area contributed by atoms with Crippen LogP contribution < -0.4 is 5.32 Å². The molecule has 2 rings (SSSR count). The van der Waals surface area contributed by atoms with Crippen molar-refractivity contribution in [2.45, 2.75) is 48.0 Å². The normalized spacial score (nSPS) is 16.1. The number of hydrogen-bond acceptors (Lipinski definition) is 4. The van der Waals surface area contributed by atoms with E-state index in [1.54, 1.807) is 23.1 Å². The van der Waals surface area contributed by atoms with Crippen LogP contribution in [0.5, 0.6) is 0 Å². The van der Waals surface area contributed by atoms with E-state index in [0.717, 1.165) is 23.6 Å². The third kappa shape index (κ3) is 8.70. The van der Waals surface area contributed by atoms with Crippen LogP contribution in [-0.2, 0) is 9.59 Å². The number of nitrogens with one attached hydrogen (secondary N) is 1. The summed E-state index contributed by atoms with van der Waals surface area (Å²) >= 11 is 13.2. The Kier molecular flexibility index (Phi) is 11.5. The first-order chi connectivity index (χ1) is 14.1. The summed E-state index contributed by atoms with van der Waals surface area (Å²) in [5, 5.41) is 3.71. The smallest absolute Gasteiger partial charge is 0.264 e. The van der Waals surface area contributed by atoms with E-state index in [1.165, 1.54) is 12.5 Å². The number of aliphatic imine (C=N–C) groups is 1. The Bertz CT molecular complexity index is 777. The number of thioether (sulfide) groups is 1. The molecule has 1 heterocycles. The van der Waals surface area contributed by atoms with E-state index in [2.05, 4.69) is 38.0 Å². The van der Waals surface area contributed by atoms with Crippen LogP contribution in [0.1, 0.15) is 48.0 Å². The zero-order valence-electron chi connectivity index (χ0n) is 18.5. The van der Waals surface area contributed by atoms with Gasteiger partial charge in [0.05, 0.1) is 15.0 Å². The maximum absolute atomic E-state index is 12.1. The number of amides is 2. The Labute approximate surface area is 194 Å². The molecule has 2 amide bonds. The summed E-state index contributed by atoms with van der Waals surface area (Å²) in [4.78, 5) is 30.2. The van der Waals surface area contributed by atoms with E-state index in [-0.39, 0.29) is 11.8 Å². The Balaban J connectivity index is 0.000000553. The van der Waals surface area contributed by atoms with Crippen molar-refractivity contribution in [2.24, 2.45) is 16.8 Å². The zero-order chi connectivity index (χ0) is 22.8. The number of hydrogen-bond donors (Lipinski definition) is 1. The number of para-hydroxylation sites is 1. The van der Waals surface area contributed by atoms with Crippen molar-refractivity contribution < 1.29 is 9.59 Å². The molecule has 1 N–H and O–H groups in total. The number of carbonyl (C=O) groups is 2. The lowest BCUT2D eigenvalue weighted by Crippen LogP contribution is -2.29. The van der Waals surface area contributed by atoms with Gasteiger partial charge in [-0.05, 0) is 56.0 Å². The standard InChI is InChI=1S/C15H15Cl2N3O2S.C7H16/c1-3-20(4-2)12(21)8-11-14(22)19-15(23-11)18-13-9(16)6-5-7-10(13)17;1-6(2)5-7(3)4/h5-8H,3-4H2,1-2H3,(H,18,19,22);6-7H,5H2,1-4H3/b11-8-;. The van der Waals surface area contributed by atoms with Gasteiger partial charge in [0.2, 0.25) is 5.91 Å². The molecular weight excluding hydrogens is 441 g/mol.